The number of anilines is 2. The minimum atomic E-state index is -0.0504. The SMILES string of the molecule is CCc1cnc(CNc2ccc(N)c(C(C)=O)c2)o1. The molecule has 0 radical (unpaired) electrons. The van der Waals surface area contributed by atoms with Crippen LogP contribution in [0.25, 0.3) is 0 Å². The fourth-order valence-electron chi connectivity index (χ4n) is 1.74. The van der Waals surface area contributed by atoms with Gasteiger partial charge in [-0.25, -0.2) is 4.98 Å². The lowest BCUT2D eigenvalue weighted by molar-refractivity contribution is 0.101. The number of carbonyl (C=O) groups excluding carboxylic acids is 1. The number of benzene rings is 1. The number of oxazole rings is 1. The molecule has 0 spiro atoms. The molecule has 100 valence electrons. The van der Waals surface area contributed by atoms with Crippen molar-refractivity contribution in [1.29, 1.82) is 0 Å². The van der Waals surface area contributed by atoms with Crippen LogP contribution in [-0.4, -0.2) is 10.8 Å². The molecule has 5 heteroatoms. The fraction of sp³-hybridized carbons (Fsp3) is 0.286. The molecule has 1 aromatic heterocycles. The first kappa shape index (κ1) is 13.1. The van der Waals surface area contributed by atoms with Crippen LogP contribution in [0.3, 0.4) is 0 Å². The summed E-state index contributed by atoms with van der Waals surface area (Å²) in [5, 5.41) is 3.16. The Morgan fingerprint density at radius 2 is 2.26 bits per heavy atom. The van der Waals surface area contributed by atoms with Gasteiger partial charge in [0.15, 0.2) is 5.78 Å². The van der Waals surface area contributed by atoms with Gasteiger partial charge in [-0.1, -0.05) is 6.92 Å². The molecule has 0 amide bonds. The van der Waals surface area contributed by atoms with Gasteiger partial charge in [-0.3, -0.25) is 4.79 Å². The Morgan fingerprint density at radius 1 is 1.47 bits per heavy atom. The Bertz CT molecular complexity index is 590. The maximum atomic E-state index is 11.4. The maximum absolute atomic E-state index is 11.4. The Labute approximate surface area is 111 Å². The van der Waals surface area contributed by atoms with Crippen molar-refractivity contribution in [2.75, 3.05) is 11.1 Å². The highest BCUT2D eigenvalue weighted by molar-refractivity contribution is 5.99. The summed E-state index contributed by atoms with van der Waals surface area (Å²) in [6.45, 7) is 3.98. The topological polar surface area (TPSA) is 81.1 Å². The second kappa shape index (κ2) is 5.56. The summed E-state index contributed by atoms with van der Waals surface area (Å²) >= 11 is 0. The molecule has 0 aliphatic heterocycles. The molecule has 0 saturated carbocycles. The summed E-state index contributed by atoms with van der Waals surface area (Å²) in [5.41, 5.74) is 7.56. The van der Waals surface area contributed by atoms with E-state index in [1.165, 1.54) is 6.92 Å². The van der Waals surface area contributed by atoms with Crippen LogP contribution in [-0.2, 0) is 13.0 Å². The van der Waals surface area contributed by atoms with E-state index < -0.39 is 0 Å². The monoisotopic (exact) mass is 259 g/mol. The van der Waals surface area contributed by atoms with E-state index in [1.54, 1.807) is 18.3 Å². The van der Waals surface area contributed by atoms with Gasteiger partial charge in [0, 0.05) is 23.4 Å². The van der Waals surface area contributed by atoms with Crippen molar-refractivity contribution in [2.24, 2.45) is 0 Å². The zero-order valence-corrected chi connectivity index (χ0v) is 11.1. The summed E-state index contributed by atoms with van der Waals surface area (Å²) < 4.78 is 5.49. The lowest BCUT2D eigenvalue weighted by Gasteiger charge is -2.07. The Morgan fingerprint density at radius 3 is 2.89 bits per heavy atom. The van der Waals surface area contributed by atoms with Crippen molar-refractivity contribution in [1.82, 2.24) is 4.98 Å². The maximum Gasteiger partial charge on any atom is 0.213 e. The summed E-state index contributed by atoms with van der Waals surface area (Å²) in [4.78, 5) is 15.6. The Balaban J connectivity index is 2.07. The number of aromatic nitrogens is 1. The zero-order chi connectivity index (χ0) is 13.8. The number of ketones is 1. The van der Waals surface area contributed by atoms with Gasteiger partial charge >= 0.3 is 0 Å². The molecule has 2 rings (SSSR count). The number of hydrogen-bond donors (Lipinski definition) is 2. The second-order valence-electron chi connectivity index (χ2n) is 4.29. The highest BCUT2D eigenvalue weighted by Gasteiger charge is 2.07. The third kappa shape index (κ3) is 3.13. The number of Topliss-reactive ketones (excluding diaryl/α,β-unsaturated/α-hetero) is 1. The molecular formula is C14H17N3O2. The number of nitrogens with zero attached hydrogens (tertiary/aromatic N) is 1. The zero-order valence-electron chi connectivity index (χ0n) is 11.1. The predicted octanol–water partition coefficient (Wildman–Crippen LogP) is 2.63. The first-order chi connectivity index (χ1) is 9.10. The van der Waals surface area contributed by atoms with Crippen LogP contribution >= 0.6 is 0 Å². The highest BCUT2D eigenvalue weighted by atomic mass is 16.4. The van der Waals surface area contributed by atoms with Crippen LogP contribution in [0, 0.1) is 0 Å². The number of hydrogen-bond acceptors (Lipinski definition) is 5. The van der Waals surface area contributed by atoms with Crippen LogP contribution in [0.15, 0.2) is 28.8 Å². The van der Waals surface area contributed by atoms with Crippen LogP contribution in [0.4, 0.5) is 11.4 Å². The van der Waals surface area contributed by atoms with E-state index in [2.05, 4.69) is 10.3 Å². The lowest BCUT2D eigenvalue weighted by Crippen LogP contribution is -2.04. The van der Waals surface area contributed by atoms with Crippen LogP contribution in [0.5, 0.6) is 0 Å². The van der Waals surface area contributed by atoms with Crippen molar-refractivity contribution >= 4 is 17.2 Å². The smallest absolute Gasteiger partial charge is 0.213 e. The number of carbonyl (C=O) groups is 1. The lowest BCUT2D eigenvalue weighted by atomic mass is 10.1. The van der Waals surface area contributed by atoms with Crippen molar-refractivity contribution < 1.29 is 9.21 Å². The molecule has 0 aliphatic rings. The molecule has 3 N–H and O–H groups in total. The van der Waals surface area contributed by atoms with E-state index in [4.69, 9.17) is 10.2 Å². The average molecular weight is 259 g/mol. The summed E-state index contributed by atoms with van der Waals surface area (Å²) in [6.07, 6.45) is 2.55. The van der Waals surface area contributed by atoms with E-state index in [0.29, 0.717) is 23.7 Å². The van der Waals surface area contributed by atoms with E-state index >= 15 is 0 Å². The van der Waals surface area contributed by atoms with E-state index in [0.717, 1.165) is 17.9 Å². The van der Waals surface area contributed by atoms with Crippen LogP contribution in [0.1, 0.15) is 35.9 Å². The Kier molecular flexibility index (Phi) is 3.85. The molecule has 19 heavy (non-hydrogen) atoms. The fourth-order valence-corrected chi connectivity index (χ4v) is 1.74. The van der Waals surface area contributed by atoms with Crippen LogP contribution in [0.2, 0.25) is 0 Å². The van der Waals surface area contributed by atoms with Gasteiger partial charge in [-0.05, 0) is 25.1 Å². The van der Waals surface area contributed by atoms with Gasteiger partial charge in [0.05, 0.1) is 12.7 Å². The minimum Gasteiger partial charge on any atom is -0.444 e. The summed E-state index contributed by atoms with van der Waals surface area (Å²) in [7, 11) is 0. The van der Waals surface area contributed by atoms with Crippen LogP contribution < -0.4 is 11.1 Å². The molecule has 1 heterocycles. The number of rotatable bonds is 5. The standard InChI is InChI=1S/C14H17N3O2/c1-3-11-7-17-14(19-11)8-16-10-4-5-13(15)12(6-10)9(2)18/h4-7,16H,3,8,15H2,1-2H3. The van der Waals surface area contributed by atoms with Crippen molar-refractivity contribution in [3.63, 3.8) is 0 Å². The molecule has 0 atom stereocenters. The van der Waals surface area contributed by atoms with Gasteiger partial charge in [-0.2, -0.15) is 0 Å². The van der Waals surface area contributed by atoms with Gasteiger partial charge < -0.3 is 15.5 Å². The highest BCUT2D eigenvalue weighted by Crippen LogP contribution is 2.19. The third-order valence-corrected chi connectivity index (χ3v) is 2.83. The molecule has 0 bridgehead atoms. The molecule has 1 aromatic carbocycles. The number of nitrogen functional groups attached to an aromatic ring is 1. The van der Waals surface area contributed by atoms with Gasteiger partial charge in [0.1, 0.15) is 5.76 Å². The van der Waals surface area contributed by atoms with Crippen molar-refractivity contribution in [3.05, 3.63) is 41.6 Å². The number of nitrogens with one attached hydrogen (secondary N) is 1. The van der Waals surface area contributed by atoms with Gasteiger partial charge in [0.2, 0.25) is 5.89 Å². The third-order valence-electron chi connectivity index (χ3n) is 2.83. The van der Waals surface area contributed by atoms with E-state index in [-0.39, 0.29) is 5.78 Å². The second-order valence-corrected chi connectivity index (χ2v) is 4.29. The van der Waals surface area contributed by atoms with Gasteiger partial charge in [0.25, 0.3) is 0 Å². The summed E-state index contributed by atoms with van der Waals surface area (Å²) in [6, 6.07) is 5.28. The average Bonchev–Trinajstić information content (AvgIpc) is 2.85. The summed E-state index contributed by atoms with van der Waals surface area (Å²) in [5.74, 6) is 1.43. The van der Waals surface area contributed by atoms with E-state index in [1.807, 2.05) is 13.0 Å². The minimum absolute atomic E-state index is 0.0504. The largest absolute Gasteiger partial charge is 0.444 e. The molecule has 2 aromatic rings. The molecular weight excluding hydrogens is 242 g/mol. The first-order valence-electron chi connectivity index (χ1n) is 6.18. The Hall–Kier alpha value is -2.30. The molecule has 0 aliphatic carbocycles. The van der Waals surface area contributed by atoms with Crippen molar-refractivity contribution in [3.8, 4) is 0 Å². The van der Waals surface area contributed by atoms with E-state index in [9.17, 15) is 4.79 Å². The normalized spacial score (nSPS) is 10.4. The first-order valence-corrected chi connectivity index (χ1v) is 6.18. The number of nitrogens with two attached hydrogens (primary N) is 1. The molecule has 0 unspecified atom stereocenters. The predicted molar refractivity (Wildman–Crippen MR) is 74.1 cm³/mol. The quantitative estimate of drug-likeness (QED) is 0.637. The number of aryl methyl sites for hydroxylation is 1. The molecule has 0 fully saturated rings. The molecule has 0 saturated heterocycles. The molecule has 5 nitrogen and oxygen atoms in total. The van der Waals surface area contributed by atoms with Crippen molar-refractivity contribution in [2.45, 2.75) is 26.8 Å². The van der Waals surface area contributed by atoms with Gasteiger partial charge in [-0.15, -0.1) is 0 Å².